The minimum absolute atomic E-state index is 0.249. The highest BCUT2D eigenvalue weighted by atomic mass is 16.3. The standard InChI is InChI=1S/C28H31N7O4/c1-16-6-5-7-19(12-16)21(15-36)31-26(37)18(3)35-11-9-22-20(27(35)38)13-23(39-22)25-17(2)14-29-28(33-25)32-24-8-10-30-34(24)4/h5-8,10,12-14,18,21,36H,9,11,15H2,1-4H3,(H,31,37)(H,29,32,33)/t18-,21-/m1/s1. The first-order chi connectivity index (χ1) is 18.7. The first kappa shape index (κ1) is 26.1. The van der Waals surface area contributed by atoms with Crippen molar-refractivity contribution in [1.29, 1.82) is 0 Å². The summed E-state index contributed by atoms with van der Waals surface area (Å²) in [6.45, 7) is 5.59. The Balaban J connectivity index is 1.33. The van der Waals surface area contributed by atoms with Gasteiger partial charge >= 0.3 is 0 Å². The average molecular weight is 530 g/mol. The fraction of sp³-hybridized carbons (Fsp3) is 0.321. The third-order valence-electron chi connectivity index (χ3n) is 6.94. The molecule has 0 fully saturated rings. The number of nitrogens with one attached hydrogen (secondary N) is 2. The highest BCUT2D eigenvalue weighted by Crippen LogP contribution is 2.31. The summed E-state index contributed by atoms with van der Waals surface area (Å²) < 4.78 is 7.75. The van der Waals surface area contributed by atoms with E-state index in [1.807, 2.05) is 51.2 Å². The van der Waals surface area contributed by atoms with Gasteiger partial charge in [-0.3, -0.25) is 14.3 Å². The van der Waals surface area contributed by atoms with Crippen molar-refractivity contribution in [2.75, 3.05) is 18.5 Å². The Hall–Kier alpha value is -4.51. The number of hydrogen-bond acceptors (Lipinski definition) is 8. The summed E-state index contributed by atoms with van der Waals surface area (Å²) >= 11 is 0. The number of furan rings is 1. The SMILES string of the molecule is Cc1cccc([C@@H](CO)NC(=O)[C@@H](C)N2CCc3oc(-c4nc(Nc5ccnn5C)ncc4C)cc3C2=O)c1. The largest absolute Gasteiger partial charge is 0.459 e. The summed E-state index contributed by atoms with van der Waals surface area (Å²) in [6.07, 6.45) is 3.82. The molecule has 5 rings (SSSR count). The number of aromatic nitrogens is 4. The zero-order chi connectivity index (χ0) is 27.7. The Kier molecular flexibility index (Phi) is 7.16. The smallest absolute Gasteiger partial charge is 0.258 e. The van der Waals surface area contributed by atoms with Crippen molar-refractivity contribution in [3.05, 3.63) is 76.8 Å². The van der Waals surface area contributed by atoms with Crippen molar-refractivity contribution in [2.45, 2.75) is 39.3 Å². The van der Waals surface area contributed by atoms with E-state index in [0.717, 1.165) is 22.5 Å². The topological polar surface area (TPSA) is 138 Å². The third kappa shape index (κ3) is 5.26. The Morgan fingerprint density at radius 3 is 2.77 bits per heavy atom. The van der Waals surface area contributed by atoms with Crippen molar-refractivity contribution < 1.29 is 19.1 Å². The van der Waals surface area contributed by atoms with Gasteiger partial charge in [0.25, 0.3) is 5.91 Å². The molecule has 0 aliphatic carbocycles. The number of fused-ring (bicyclic) bond motifs is 1. The molecule has 1 aliphatic heterocycles. The zero-order valence-corrected chi connectivity index (χ0v) is 22.3. The van der Waals surface area contributed by atoms with E-state index in [0.29, 0.717) is 41.7 Å². The average Bonchev–Trinajstić information content (AvgIpc) is 3.54. The molecule has 3 N–H and O–H groups in total. The predicted molar refractivity (Wildman–Crippen MR) is 144 cm³/mol. The highest BCUT2D eigenvalue weighted by molar-refractivity contribution is 6.00. The number of amides is 2. The van der Waals surface area contributed by atoms with Gasteiger partial charge in [-0.05, 0) is 38.0 Å². The molecule has 11 nitrogen and oxygen atoms in total. The maximum Gasteiger partial charge on any atom is 0.258 e. The van der Waals surface area contributed by atoms with Crippen molar-refractivity contribution in [3.63, 3.8) is 0 Å². The van der Waals surface area contributed by atoms with Crippen LogP contribution in [0.1, 0.15) is 45.8 Å². The van der Waals surface area contributed by atoms with E-state index in [1.165, 1.54) is 4.90 Å². The normalized spacial score (nSPS) is 14.6. The molecule has 0 radical (unpaired) electrons. The van der Waals surface area contributed by atoms with Crippen LogP contribution in [0, 0.1) is 13.8 Å². The van der Waals surface area contributed by atoms with Gasteiger partial charge in [0.05, 0.1) is 24.4 Å². The summed E-state index contributed by atoms with van der Waals surface area (Å²) in [4.78, 5) is 37.1. The Morgan fingerprint density at radius 1 is 1.23 bits per heavy atom. The number of aliphatic hydroxyl groups is 1. The van der Waals surface area contributed by atoms with E-state index >= 15 is 0 Å². The fourth-order valence-corrected chi connectivity index (χ4v) is 4.68. The van der Waals surface area contributed by atoms with Gasteiger partial charge in [0.2, 0.25) is 11.9 Å². The van der Waals surface area contributed by atoms with Crippen LogP contribution in [-0.2, 0) is 18.3 Å². The van der Waals surface area contributed by atoms with E-state index in [1.54, 1.807) is 30.1 Å². The summed E-state index contributed by atoms with van der Waals surface area (Å²) in [5.74, 6) is 1.50. The minimum atomic E-state index is -0.738. The van der Waals surface area contributed by atoms with E-state index in [-0.39, 0.29) is 18.4 Å². The maximum absolute atomic E-state index is 13.5. The van der Waals surface area contributed by atoms with Gasteiger partial charge in [-0.1, -0.05) is 29.8 Å². The van der Waals surface area contributed by atoms with Gasteiger partial charge < -0.3 is 25.1 Å². The Labute approximate surface area is 225 Å². The molecule has 39 heavy (non-hydrogen) atoms. The first-order valence-electron chi connectivity index (χ1n) is 12.8. The molecule has 3 aromatic heterocycles. The molecular formula is C28H31N7O4. The van der Waals surface area contributed by atoms with Crippen molar-refractivity contribution >= 4 is 23.6 Å². The molecule has 0 unspecified atom stereocenters. The molecule has 11 heteroatoms. The van der Waals surface area contributed by atoms with Crippen LogP contribution >= 0.6 is 0 Å². The third-order valence-corrected chi connectivity index (χ3v) is 6.94. The van der Waals surface area contributed by atoms with Gasteiger partial charge in [-0.15, -0.1) is 0 Å². The molecule has 4 aromatic rings. The second kappa shape index (κ2) is 10.7. The van der Waals surface area contributed by atoms with Crippen LogP contribution in [0.2, 0.25) is 0 Å². The fourth-order valence-electron chi connectivity index (χ4n) is 4.68. The molecule has 4 heterocycles. The molecule has 202 valence electrons. The van der Waals surface area contributed by atoms with Gasteiger partial charge in [0.1, 0.15) is 23.3 Å². The lowest BCUT2D eigenvalue weighted by Gasteiger charge is -2.32. The number of benzene rings is 1. The van der Waals surface area contributed by atoms with Crippen LogP contribution < -0.4 is 10.6 Å². The molecule has 1 aromatic carbocycles. The van der Waals surface area contributed by atoms with Crippen LogP contribution in [0.3, 0.4) is 0 Å². The summed E-state index contributed by atoms with van der Waals surface area (Å²) in [7, 11) is 1.81. The van der Waals surface area contributed by atoms with E-state index in [2.05, 4.69) is 25.7 Å². The molecular weight excluding hydrogens is 498 g/mol. The molecule has 2 amide bonds. The minimum Gasteiger partial charge on any atom is -0.459 e. The Morgan fingerprint density at radius 2 is 2.05 bits per heavy atom. The first-order valence-corrected chi connectivity index (χ1v) is 12.8. The molecule has 0 bridgehead atoms. The monoisotopic (exact) mass is 529 g/mol. The molecule has 0 spiro atoms. The number of hydrogen-bond donors (Lipinski definition) is 3. The molecule has 1 aliphatic rings. The van der Waals surface area contributed by atoms with Gasteiger partial charge in [-0.2, -0.15) is 5.10 Å². The van der Waals surface area contributed by atoms with Crippen LogP contribution in [0.4, 0.5) is 11.8 Å². The summed E-state index contributed by atoms with van der Waals surface area (Å²) in [6, 6.07) is 9.80. The summed E-state index contributed by atoms with van der Waals surface area (Å²) in [5.41, 5.74) is 3.61. The molecule has 0 saturated heterocycles. The van der Waals surface area contributed by atoms with Crippen molar-refractivity contribution in [1.82, 2.24) is 30.0 Å². The Bertz CT molecular complexity index is 1530. The highest BCUT2D eigenvalue weighted by Gasteiger charge is 2.35. The number of carbonyl (C=O) groups excluding carboxylic acids is 2. The van der Waals surface area contributed by atoms with Crippen molar-refractivity contribution in [3.8, 4) is 11.5 Å². The van der Waals surface area contributed by atoms with E-state index in [4.69, 9.17) is 4.42 Å². The van der Waals surface area contributed by atoms with E-state index < -0.39 is 12.1 Å². The second-order valence-corrected chi connectivity index (χ2v) is 9.72. The van der Waals surface area contributed by atoms with Gasteiger partial charge in [-0.25, -0.2) is 9.97 Å². The lowest BCUT2D eigenvalue weighted by Crippen LogP contribution is -2.51. The molecule has 0 saturated carbocycles. The number of anilines is 2. The van der Waals surface area contributed by atoms with Crippen LogP contribution in [0.5, 0.6) is 0 Å². The quantitative estimate of drug-likeness (QED) is 0.317. The second-order valence-electron chi connectivity index (χ2n) is 9.72. The number of carbonyl (C=O) groups is 2. The number of nitrogens with zero attached hydrogens (tertiary/aromatic N) is 5. The van der Waals surface area contributed by atoms with Crippen LogP contribution in [0.25, 0.3) is 11.5 Å². The van der Waals surface area contributed by atoms with Crippen LogP contribution in [-0.4, -0.2) is 60.8 Å². The number of aliphatic hydroxyl groups excluding tert-OH is 1. The van der Waals surface area contributed by atoms with Crippen LogP contribution in [0.15, 0.2) is 53.2 Å². The van der Waals surface area contributed by atoms with Gasteiger partial charge in [0, 0.05) is 32.3 Å². The maximum atomic E-state index is 13.5. The predicted octanol–water partition coefficient (Wildman–Crippen LogP) is 3.07. The van der Waals surface area contributed by atoms with Gasteiger partial charge in [0.15, 0.2) is 5.76 Å². The summed E-state index contributed by atoms with van der Waals surface area (Å²) in [5, 5.41) is 20.0. The number of aryl methyl sites for hydroxylation is 3. The number of rotatable bonds is 8. The van der Waals surface area contributed by atoms with Crippen molar-refractivity contribution in [2.24, 2.45) is 7.05 Å². The lowest BCUT2D eigenvalue weighted by atomic mass is 10.0. The van der Waals surface area contributed by atoms with E-state index in [9.17, 15) is 14.7 Å². The lowest BCUT2D eigenvalue weighted by molar-refractivity contribution is -0.126. The zero-order valence-electron chi connectivity index (χ0n) is 22.3. The molecule has 2 atom stereocenters.